The lowest BCUT2D eigenvalue weighted by molar-refractivity contribution is -0.147. The Kier molecular flexibility index (Phi) is 8.65. The average Bonchev–Trinajstić information content (AvgIpc) is 2.43. The highest BCUT2D eigenvalue weighted by atomic mass is 32.1. The van der Waals surface area contributed by atoms with Crippen molar-refractivity contribution in [3.63, 3.8) is 0 Å². The molecule has 0 rings (SSSR count). The molecule has 3 atom stereocenters. The molecule has 0 saturated heterocycles. The third-order valence-corrected chi connectivity index (χ3v) is 2.96. The van der Waals surface area contributed by atoms with Crippen LogP contribution in [-0.2, 0) is 24.0 Å². The van der Waals surface area contributed by atoms with Crippen LogP contribution in [0.15, 0.2) is 0 Å². The van der Waals surface area contributed by atoms with Gasteiger partial charge < -0.3 is 32.3 Å². The summed E-state index contributed by atoms with van der Waals surface area (Å²) < 4.78 is 0. The van der Waals surface area contributed by atoms with Gasteiger partial charge in [0.05, 0.1) is 18.9 Å². The topological polar surface area (TPSA) is 202 Å². The van der Waals surface area contributed by atoms with E-state index in [0.29, 0.717) is 0 Å². The molecule has 0 aromatic carbocycles. The van der Waals surface area contributed by atoms with Gasteiger partial charge in [-0.25, -0.2) is 4.79 Å². The minimum Gasteiger partial charge on any atom is -0.481 e. The number of carboxylic acids is 2. The Bertz CT molecular complexity index is 499. The number of hydrogen-bond donors (Lipinski definition) is 7. The second-order valence-electron chi connectivity index (χ2n) is 4.52. The Hall–Kier alpha value is -2.34. The summed E-state index contributed by atoms with van der Waals surface area (Å²) in [5.74, 6) is -5.88. The monoisotopic (exact) mass is 350 g/mol. The molecule has 0 aliphatic heterocycles. The molecule has 0 bridgehead atoms. The number of hydrogen-bond acceptors (Lipinski definition) is 7. The fourth-order valence-corrected chi connectivity index (χ4v) is 1.58. The molecule has 3 amide bonds. The summed E-state index contributed by atoms with van der Waals surface area (Å²) in [7, 11) is 0. The van der Waals surface area contributed by atoms with Crippen LogP contribution in [0.1, 0.15) is 12.8 Å². The molecule has 12 heteroatoms. The van der Waals surface area contributed by atoms with Crippen molar-refractivity contribution in [3.05, 3.63) is 0 Å². The van der Waals surface area contributed by atoms with Crippen LogP contribution in [-0.4, -0.2) is 63.8 Å². The van der Waals surface area contributed by atoms with Crippen LogP contribution in [0.25, 0.3) is 0 Å². The molecule has 23 heavy (non-hydrogen) atoms. The minimum atomic E-state index is -1.73. The van der Waals surface area contributed by atoms with Crippen LogP contribution in [0, 0.1) is 0 Å². The molecule has 0 aromatic heterocycles. The van der Waals surface area contributed by atoms with E-state index in [1.165, 1.54) is 0 Å². The van der Waals surface area contributed by atoms with E-state index in [0.717, 1.165) is 0 Å². The van der Waals surface area contributed by atoms with Gasteiger partial charge in [-0.3, -0.25) is 19.2 Å². The van der Waals surface area contributed by atoms with Gasteiger partial charge >= 0.3 is 11.9 Å². The summed E-state index contributed by atoms with van der Waals surface area (Å²) in [6, 6.07) is -4.27. The van der Waals surface area contributed by atoms with Gasteiger partial charge in [-0.15, -0.1) is 0 Å². The smallest absolute Gasteiger partial charge is 0.326 e. The van der Waals surface area contributed by atoms with Crippen LogP contribution < -0.4 is 22.1 Å². The lowest BCUT2D eigenvalue weighted by atomic mass is 10.1. The van der Waals surface area contributed by atoms with E-state index in [1.807, 2.05) is 5.32 Å². The maximum atomic E-state index is 12.0. The summed E-state index contributed by atoms with van der Waals surface area (Å²) in [4.78, 5) is 56.0. The van der Waals surface area contributed by atoms with Crippen molar-refractivity contribution in [3.8, 4) is 0 Å². The number of amides is 3. The predicted octanol–water partition coefficient (Wildman–Crippen LogP) is -3.35. The highest BCUT2D eigenvalue weighted by Gasteiger charge is 2.29. The molecule has 0 aliphatic rings. The number of nitrogens with one attached hydrogen (secondary N) is 2. The first-order chi connectivity index (χ1) is 10.6. The van der Waals surface area contributed by atoms with E-state index in [-0.39, 0.29) is 5.75 Å². The van der Waals surface area contributed by atoms with Gasteiger partial charge in [0.1, 0.15) is 12.1 Å². The van der Waals surface area contributed by atoms with Crippen LogP contribution in [0.3, 0.4) is 0 Å². The summed E-state index contributed by atoms with van der Waals surface area (Å²) in [5, 5.41) is 21.5. The second kappa shape index (κ2) is 9.63. The molecule has 0 aromatic rings. The van der Waals surface area contributed by atoms with Gasteiger partial charge in [0.25, 0.3) is 0 Å². The lowest BCUT2D eigenvalue weighted by Gasteiger charge is -2.21. The second-order valence-corrected chi connectivity index (χ2v) is 4.88. The zero-order valence-corrected chi connectivity index (χ0v) is 12.8. The van der Waals surface area contributed by atoms with Crippen molar-refractivity contribution in [2.45, 2.75) is 31.0 Å². The number of carbonyl (C=O) groups is 5. The molecule has 3 unspecified atom stereocenters. The van der Waals surface area contributed by atoms with E-state index in [2.05, 4.69) is 17.9 Å². The summed E-state index contributed by atoms with van der Waals surface area (Å²) >= 11 is 3.80. The number of thiol groups is 1. The summed E-state index contributed by atoms with van der Waals surface area (Å²) in [5.41, 5.74) is 10.4. The number of primary amides is 1. The van der Waals surface area contributed by atoms with Crippen LogP contribution >= 0.6 is 12.6 Å². The lowest BCUT2D eigenvalue weighted by Crippen LogP contribution is -2.56. The quantitative estimate of drug-likeness (QED) is 0.198. The van der Waals surface area contributed by atoms with E-state index in [4.69, 9.17) is 21.7 Å². The van der Waals surface area contributed by atoms with Crippen molar-refractivity contribution >= 4 is 42.3 Å². The van der Waals surface area contributed by atoms with Crippen molar-refractivity contribution in [2.24, 2.45) is 11.5 Å². The molecule has 8 N–H and O–H groups in total. The Morgan fingerprint density at radius 2 is 1.48 bits per heavy atom. The molecular weight excluding hydrogens is 332 g/mol. The van der Waals surface area contributed by atoms with Crippen LogP contribution in [0.2, 0.25) is 0 Å². The van der Waals surface area contributed by atoms with Crippen molar-refractivity contribution < 1.29 is 34.2 Å². The Balaban J connectivity index is 5.04. The van der Waals surface area contributed by atoms with Gasteiger partial charge in [-0.2, -0.15) is 12.6 Å². The molecular formula is C11H18N4O7S. The fourth-order valence-electron chi connectivity index (χ4n) is 1.42. The maximum Gasteiger partial charge on any atom is 0.326 e. The fraction of sp³-hybridized carbons (Fsp3) is 0.545. The van der Waals surface area contributed by atoms with Gasteiger partial charge in [-0.1, -0.05) is 0 Å². The van der Waals surface area contributed by atoms with E-state index < -0.39 is 60.6 Å². The summed E-state index contributed by atoms with van der Waals surface area (Å²) in [6.07, 6.45) is -1.50. The molecule has 130 valence electrons. The first-order valence-corrected chi connectivity index (χ1v) is 6.91. The van der Waals surface area contributed by atoms with Crippen molar-refractivity contribution in [1.82, 2.24) is 10.6 Å². The first-order valence-electron chi connectivity index (χ1n) is 6.28. The highest BCUT2D eigenvalue weighted by Crippen LogP contribution is 1.99. The van der Waals surface area contributed by atoms with Crippen molar-refractivity contribution in [2.75, 3.05) is 5.75 Å². The molecule has 0 saturated carbocycles. The van der Waals surface area contributed by atoms with Crippen molar-refractivity contribution in [1.29, 1.82) is 0 Å². The van der Waals surface area contributed by atoms with E-state index >= 15 is 0 Å². The molecule has 0 spiro atoms. The number of carboxylic acid groups (broad SMARTS) is 2. The van der Waals surface area contributed by atoms with Crippen LogP contribution in [0.4, 0.5) is 0 Å². The Labute approximate surface area is 136 Å². The predicted molar refractivity (Wildman–Crippen MR) is 79.4 cm³/mol. The zero-order valence-electron chi connectivity index (χ0n) is 11.9. The zero-order chi connectivity index (χ0) is 18.2. The molecule has 0 heterocycles. The standard InChI is InChI=1S/C11H18N4O7S/c12-4(3-23)9(19)14-5(1-7(13)16)10(20)15-6(11(21)22)2-8(17)18/h4-6,23H,1-3,12H2,(H2,13,16)(H,14,19)(H,15,20)(H,17,18)(H,21,22). The SMILES string of the molecule is NC(=O)CC(NC(=O)C(N)CS)C(=O)NC(CC(=O)O)C(=O)O. The molecule has 0 radical (unpaired) electrons. The first kappa shape index (κ1) is 20.7. The number of aliphatic carboxylic acids is 2. The average molecular weight is 350 g/mol. The Morgan fingerprint density at radius 3 is 1.87 bits per heavy atom. The van der Waals surface area contributed by atoms with Gasteiger partial charge in [0, 0.05) is 5.75 Å². The third-order valence-electron chi connectivity index (χ3n) is 2.57. The highest BCUT2D eigenvalue weighted by molar-refractivity contribution is 7.80. The molecule has 11 nitrogen and oxygen atoms in total. The third kappa shape index (κ3) is 8.01. The number of rotatable bonds is 10. The number of nitrogens with two attached hydrogens (primary N) is 2. The maximum absolute atomic E-state index is 12.0. The minimum absolute atomic E-state index is 0.0342. The van der Waals surface area contributed by atoms with Gasteiger partial charge in [0.15, 0.2) is 0 Å². The summed E-state index contributed by atoms with van der Waals surface area (Å²) in [6.45, 7) is 0. The molecule has 0 fully saturated rings. The van der Waals surface area contributed by atoms with Gasteiger partial charge in [0.2, 0.25) is 17.7 Å². The number of carbonyl (C=O) groups excluding carboxylic acids is 3. The van der Waals surface area contributed by atoms with E-state index in [1.54, 1.807) is 0 Å². The normalized spacial score (nSPS) is 14.2. The van der Waals surface area contributed by atoms with E-state index in [9.17, 15) is 24.0 Å². The largest absolute Gasteiger partial charge is 0.481 e. The van der Waals surface area contributed by atoms with Gasteiger partial charge in [-0.05, 0) is 0 Å². The Morgan fingerprint density at radius 1 is 0.957 bits per heavy atom. The van der Waals surface area contributed by atoms with Crippen LogP contribution in [0.5, 0.6) is 0 Å². The molecule has 0 aliphatic carbocycles.